The summed E-state index contributed by atoms with van der Waals surface area (Å²) in [4.78, 5) is 21.3. The summed E-state index contributed by atoms with van der Waals surface area (Å²) in [6.07, 6.45) is 1.83. The van der Waals surface area contributed by atoms with Crippen molar-refractivity contribution in [2.24, 2.45) is 11.3 Å². The Labute approximate surface area is 90.0 Å². The maximum atomic E-state index is 10.9. The molecule has 86 valence electrons. The van der Waals surface area contributed by atoms with Crippen LogP contribution in [0.4, 0.5) is 0 Å². The van der Waals surface area contributed by atoms with Crippen molar-refractivity contribution in [1.29, 1.82) is 0 Å². The lowest BCUT2D eigenvalue weighted by Gasteiger charge is -2.52. The van der Waals surface area contributed by atoms with Gasteiger partial charge in [-0.3, -0.25) is 9.59 Å². The van der Waals surface area contributed by atoms with Crippen LogP contribution in [0.1, 0.15) is 40.0 Å². The zero-order chi connectivity index (χ0) is 11.6. The molecule has 0 spiro atoms. The van der Waals surface area contributed by atoms with Crippen molar-refractivity contribution in [1.82, 2.24) is 5.32 Å². The molecule has 0 saturated heterocycles. The molecule has 0 aliphatic heterocycles. The van der Waals surface area contributed by atoms with E-state index in [0.29, 0.717) is 12.3 Å². The van der Waals surface area contributed by atoms with Crippen molar-refractivity contribution in [3.63, 3.8) is 0 Å². The minimum absolute atomic E-state index is 0.00948. The van der Waals surface area contributed by atoms with E-state index in [1.165, 1.54) is 6.92 Å². The van der Waals surface area contributed by atoms with Gasteiger partial charge in [0, 0.05) is 19.4 Å². The van der Waals surface area contributed by atoms with Gasteiger partial charge in [0.05, 0.1) is 0 Å². The molecular weight excluding hydrogens is 194 g/mol. The second-order valence-electron chi connectivity index (χ2n) is 4.94. The van der Waals surface area contributed by atoms with Crippen LogP contribution in [0.25, 0.3) is 0 Å². The van der Waals surface area contributed by atoms with Gasteiger partial charge in [-0.2, -0.15) is 0 Å². The molecule has 0 heterocycles. The molecule has 1 saturated carbocycles. The summed E-state index contributed by atoms with van der Waals surface area (Å²) in [6, 6.07) is 0.203. The molecule has 2 atom stereocenters. The van der Waals surface area contributed by atoms with Crippen molar-refractivity contribution in [3.8, 4) is 0 Å². The lowest BCUT2D eigenvalue weighted by molar-refractivity contribution is -0.138. The molecular formula is C11H19NO3. The van der Waals surface area contributed by atoms with Gasteiger partial charge in [0.25, 0.3) is 0 Å². The average Bonchev–Trinajstić information content (AvgIpc) is 2.09. The fourth-order valence-electron chi connectivity index (χ4n) is 2.29. The number of nitrogens with one attached hydrogen (secondary N) is 1. The SMILES string of the molecule is CC(=O)N[C@H]1C[C@H](CCC(=O)O)C1(C)C. The van der Waals surface area contributed by atoms with Crippen LogP contribution in [0.2, 0.25) is 0 Å². The molecule has 2 N–H and O–H groups in total. The highest BCUT2D eigenvalue weighted by molar-refractivity contribution is 5.73. The maximum Gasteiger partial charge on any atom is 0.303 e. The van der Waals surface area contributed by atoms with Crippen LogP contribution < -0.4 is 5.32 Å². The molecule has 0 aromatic heterocycles. The van der Waals surface area contributed by atoms with Crippen LogP contribution in [0, 0.1) is 11.3 Å². The van der Waals surface area contributed by atoms with Crippen LogP contribution in [0.5, 0.6) is 0 Å². The maximum absolute atomic E-state index is 10.9. The molecule has 0 unspecified atom stereocenters. The van der Waals surface area contributed by atoms with Crippen molar-refractivity contribution < 1.29 is 14.7 Å². The van der Waals surface area contributed by atoms with Gasteiger partial charge in [-0.05, 0) is 24.2 Å². The van der Waals surface area contributed by atoms with Crippen LogP contribution in [0.3, 0.4) is 0 Å². The zero-order valence-corrected chi connectivity index (χ0v) is 9.54. The zero-order valence-electron chi connectivity index (χ0n) is 9.54. The third-order valence-electron chi connectivity index (χ3n) is 3.55. The van der Waals surface area contributed by atoms with Gasteiger partial charge >= 0.3 is 5.97 Å². The molecule has 0 radical (unpaired) electrons. The molecule has 1 rings (SSSR count). The van der Waals surface area contributed by atoms with E-state index < -0.39 is 5.97 Å². The summed E-state index contributed by atoms with van der Waals surface area (Å²) in [5.41, 5.74) is 0.0289. The molecule has 4 nitrogen and oxygen atoms in total. The standard InChI is InChI=1S/C11H19NO3/c1-7(13)12-9-6-8(11(9,2)3)4-5-10(14)15/h8-9H,4-6H2,1-3H3,(H,12,13)(H,14,15)/t8-,9-/m0/s1. The Morgan fingerprint density at radius 3 is 2.47 bits per heavy atom. The highest BCUT2D eigenvalue weighted by atomic mass is 16.4. The number of aliphatic carboxylic acids is 1. The van der Waals surface area contributed by atoms with Crippen LogP contribution >= 0.6 is 0 Å². The Bertz CT molecular complexity index is 273. The monoisotopic (exact) mass is 213 g/mol. The van der Waals surface area contributed by atoms with Gasteiger partial charge in [0.1, 0.15) is 0 Å². The van der Waals surface area contributed by atoms with Gasteiger partial charge < -0.3 is 10.4 Å². The normalized spacial score (nSPS) is 27.9. The van der Waals surface area contributed by atoms with E-state index in [2.05, 4.69) is 19.2 Å². The summed E-state index contributed by atoms with van der Waals surface area (Å²) < 4.78 is 0. The third-order valence-corrected chi connectivity index (χ3v) is 3.55. The smallest absolute Gasteiger partial charge is 0.303 e. The summed E-state index contributed by atoms with van der Waals surface area (Å²) >= 11 is 0. The molecule has 1 amide bonds. The highest BCUT2D eigenvalue weighted by Crippen LogP contribution is 2.48. The van der Waals surface area contributed by atoms with E-state index in [9.17, 15) is 9.59 Å². The van der Waals surface area contributed by atoms with E-state index in [1.54, 1.807) is 0 Å². The molecule has 4 heteroatoms. The molecule has 0 aromatic carbocycles. The Balaban J connectivity index is 2.41. The van der Waals surface area contributed by atoms with E-state index >= 15 is 0 Å². The Hall–Kier alpha value is -1.06. The van der Waals surface area contributed by atoms with Gasteiger partial charge in [0.2, 0.25) is 5.91 Å². The molecule has 1 aliphatic carbocycles. The molecule has 1 fully saturated rings. The highest BCUT2D eigenvalue weighted by Gasteiger charge is 2.47. The lowest BCUT2D eigenvalue weighted by Crippen LogP contribution is -2.57. The summed E-state index contributed by atoms with van der Waals surface area (Å²) in [7, 11) is 0. The summed E-state index contributed by atoms with van der Waals surface area (Å²) in [5.74, 6) is -0.344. The number of carbonyl (C=O) groups is 2. The fourth-order valence-corrected chi connectivity index (χ4v) is 2.29. The fraction of sp³-hybridized carbons (Fsp3) is 0.818. The minimum atomic E-state index is -0.742. The largest absolute Gasteiger partial charge is 0.481 e. The van der Waals surface area contributed by atoms with E-state index in [0.717, 1.165) is 6.42 Å². The molecule has 1 aliphatic rings. The third kappa shape index (κ3) is 2.70. The molecule has 0 aromatic rings. The Kier molecular flexibility index (Phi) is 3.37. The van der Waals surface area contributed by atoms with Crippen LogP contribution in [0.15, 0.2) is 0 Å². The number of hydrogen-bond acceptors (Lipinski definition) is 2. The van der Waals surface area contributed by atoms with Crippen LogP contribution in [-0.2, 0) is 9.59 Å². The van der Waals surface area contributed by atoms with Crippen LogP contribution in [-0.4, -0.2) is 23.0 Å². The molecule has 15 heavy (non-hydrogen) atoms. The number of carboxylic acids is 1. The topological polar surface area (TPSA) is 66.4 Å². The summed E-state index contributed by atoms with van der Waals surface area (Å²) in [5, 5.41) is 11.5. The summed E-state index contributed by atoms with van der Waals surface area (Å²) in [6.45, 7) is 5.69. The first-order chi connectivity index (χ1) is 6.84. The first-order valence-corrected chi connectivity index (χ1v) is 5.33. The van der Waals surface area contributed by atoms with Crippen molar-refractivity contribution in [2.45, 2.75) is 46.1 Å². The quantitative estimate of drug-likeness (QED) is 0.741. The number of amides is 1. The number of carboxylic acid groups (broad SMARTS) is 1. The van der Waals surface area contributed by atoms with Gasteiger partial charge in [-0.15, -0.1) is 0 Å². The second-order valence-corrected chi connectivity index (χ2v) is 4.94. The average molecular weight is 213 g/mol. The Morgan fingerprint density at radius 1 is 1.47 bits per heavy atom. The number of carbonyl (C=O) groups excluding carboxylic acids is 1. The first-order valence-electron chi connectivity index (χ1n) is 5.33. The second kappa shape index (κ2) is 4.21. The predicted octanol–water partition coefficient (Wildman–Crippen LogP) is 1.40. The van der Waals surface area contributed by atoms with Gasteiger partial charge in [0.15, 0.2) is 0 Å². The van der Waals surface area contributed by atoms with E-state index in [1.807, 2.05) is 0 Å². The van der Waals surface area contributed by atoms with E-state index in [4.69, 9.17) is 5.11 Å². The molecule has 0 bridgehead atoms. The predicted molar refractivity (Wildman–Crippen MR) is 56.4 cm³/mol. The minimum Gasteiger partial charge on any atom is -0.481 e. The number of hydrogen-bond donors (Lipinski definition) is 2. The van der Waals surface area contributed by atoms with Gasteiger partial charge in [-0.25, -0.2) is 0 Å². The van der Waals surface area contributed by atoms with Gasteiger partial charge in [-0.1, -0.05) is 13.8 Å². The number of rotatable bonds is 4. The lowest BCUT2D eigenvalue weighted by atomic mass is 9.57. The van der Waals surface area contributed by atoms with Crippen molar-refractivity contribution in [3.05, 3.63) is 0 Å². The first kappa shape index (κ1) is 12.0. The Morgan fingerprint density at radius 2 is 2.07 bits per heavy atom. The van der Waals surface area contributed by atoms with Crippen molar-refractivity contribution >= 4 is 11.9 Å². The van der Waals surface area contributed by atoms with Crippen molar-refractivity contribution in [2.75, 3.05) is 0 Å². The van der Waals surface area contributed by atoms with E-state index in [-0.39, 0.29) is 23.8 Å².